The highest BCUT2D eigenvalue weighted by Gasteiger charge is 2.30. The number of benzene rings is 1. The van der Waals surface area contributed by atoms with Crippen molar-refractivity contribution in [1.29, 1.82) is 0 Å². The largest absolute Gasteiger partial charge is 0.381 e. The highest BCUT2D eigenvalue weighted by Crippen LogP contribution is 2.33. The lowest BCUT2D eigenvalue weighted by molar-refractivity contribution is -0.000798. The molecule has 24 heavy (non-hydrogen) atoms. The van der Waals surface area contributed by atoms with Crippen molar-refractivity contribution in [3.8, 4) is 22.5 Å². The van der Waals surface area contributed by atoms with Gasteiger partial charge in [0.15, 0.2) is 0 Å². The topological polar surface area (TPSA) is 61.0 Å². The number of hydrogen-bond acceptors (Lipinski definition) is 5. The Hall–Kier alpha value is -2.53. The number of rotatable bonds is 5. The van der Waals surface area contributed by atoms with Crippen LogP contribution in [0.25, 0.3) is 22.5 Å². The molecule has 3 aromatic rings. The average molecular weight is 321 g/mol. The van der Waals surface area contributed by atoms with Gasteiger partial charge in [-0.25, -0.2) is 0 Å². The summed E-state index contributed by atoms with van der Waals surface area (Å²) in [4.78, 5) is 8.68. The van der Waals surface area contributed by atoms with Crippen molar-refractivity contribution < 1.29 is 9.26 Å². The van der Waals surface area contributed by atoms with E-state index in [0.29, 0.717) is 23.7 Å². The van der Waals surface area contributed by atoms with Crippen LogP contribution >= 0.6 is 0 Å². The summed E-state index contributed by atoms with van der Waals surface area (Å²) < 4.78 is 10.8. The number of ether oxygens (including phenoxy) is 1. The summed E-state index contributed by atoms with van der Waals surface area (Å²) in [5.74, 6) is 1.92. The Kier molecular flexibility index (Phi) is 4.09. The minimum absolute atomic E-state index is 0.393. The fourth-order valence-corrected chi connectivity index (χ4v) is 3.19. The number of nitrogens with zero attached hydrogens (tertiary/aromatic N) is 3. The van der Waals surface area contributed by atoms with Crippen LogP contribution in [0.3, 0.4) is 0 Å². The minimum Gasteiger partial charge on any atom is -0.381 e. The normalized spacial score (nSPS) is 19.9. The lowest BCUT2D eigenvalue weighted by Gasteiger charge is -2.33. The van der Waals surface area contributed by atoms with Crippen molar-refractivity contribution >= 4 is 0 Å². The van der Waals surface area contributed by atoms with Crippen LogP contribution < -0.4 is 0 Å². The maximum absolute atomic E-state index is 5.47. The first-order chi connectivity index (χ1) is 11.8. The van der Waals surface area contributed by atoms with Gasteiger partial charge >= 0.3 is 0 Å². The van der Waals surface area contributed by atoms with Crippen LogP contribution in [0.5, 0.6) is 0 Å². The number of methoxy groups -OCH3 is 1. The van der Waals surface area contributed by atoms with E-state index in [4.69, 9.17) is 9.26 Å². The summed E-state index contributed by atoms with van der Waals surface area (Å²) in [6.07, 6.45) is 6.94. The van der Waals surface area contributed by atoms with Crippen LogP contribution in [0.4, 0.5) is 0 Å². The van der Waals surface area contributed by atoms with Gasteiger partial charge in [0.2, 0.25) is 11.7 Å². The molecule has 2 aromatic heterocycles. The molecular formula is C19H19N3O2. The zero-order chi connectivity index (χ0) is 16.4. The second-order valence-electron chi connectivity index (χ2n) is 6.19. The van der Waals surface area contributed by atoms with Gasteiger partial charge in [-0.15, -0.1) is 0 Å². The molecule has 0 atom stereocenters. The van der Waals surface area contributed by atoms with E-state index in [2.05, 4.69) is 21.2 Å². The van der Waals surface area contributed by atoms with Crippen molar-refractivity contribution in [3.63, 3.8) is 0 Å². The third kappa shape index (κ3) is 2.95. The molecule has 122 valence electrons. The second kappa shape index (κ2) is 6.53. The molecule has 0 aliphatic heterocycles. The molecule has 1 aromatic carbocycles. The van der Waals surface area contributed by atoms with E-state index in [1.165, 1.54) is 0 Å². The molecule has 4 rings (SSSR count). The van der Waals surface area contributed by atoms with E-state index in [-0.39, 0.29) is 0 Å². The van der Waals surface area contributed by atoms with E-state index in [1.807, 2.05) is 30.3 Å². The first-order valence-corrected chi connectivity index (χ1v) is 8.18. The molecule has 5 heteroatoms. The van der Waals surface area contributed by atoms with Gasteiger partial charge in [-0.1, -0.05) is 29.4 Å². The van der Waals surface area contributed by atoms with Crippen LogP contribution in [0.15, 0.2) is 53.3 Å². The maximum Gasteiger partial charge on any atom is 0.227 e. The summed E-state index contributed by atoms with van der Waals surface area (Å²) >= 11 is 0. The Balaban J connectivity index is 1.57. The van der Waals surface area contributed by atoms with E-state index >= 15 is 0 Å². The summed E-state index contributed by atoms with van der Waals surface area (Å²) in [6.45, 7) is 0. The Morgan fingerprint density at radius 3 is 2.58 bits per heavy atom. The van der Waals surface area contributed by atoms with E-state index in [0.717, 1.165) is 36.0 Å². The average Bonchev–Trinajstić information content (AvgIpc) is 3.07. The first-order valence-electron chi connectivity index (χ1n) is 8.18. The van der Waals surface area contributed by atoms with Gasteiger partial charge in [0.1, 0.15) is 0 Å². The van der Waals surface area contributed by atoms with Crippen molar-refractivity contribution in [2.75, 3.05) is 7.11 Å². The van der Waals surface area contributed by atoms with E-state index in [1.54, 1.807) is 19.5 Å². The molecule has 0 amide bonds. The quantitative estimate of drug-likeness (QED) is 0.716. The van der Waals surface area contributed by atoms with E-state index in [9.17, 15) is 0 Å². The monoisotopic (exact) mass is 321 g/mol. The predicted molar refractivity (Wildman–Crippen MR) is 90.2 cm³/mol. The van der Waals surface area contributed by atoms with E-state index < -0.39 is 0 Å². The van der Waals surface area contributed by atoms with Gasteiger partial charge < -0.3 is 9.26 Å². The Morgan fingerprint density at radius 2 is 1.83 bits per heavy atom. The van der Waals surface area contributed by atoms with Gasteiger partial charge in [-0.2, -0.15) is 4.98 Å². The summed E-state index contributed by atoms with van der Waals surface area (Å²) in [5, 5.41) is 4.19. The number of aromatic nitrogens is 3. The van der Waals surface area contributed by atoms with Gasteiger partial charge in [0, 0.05) is 31.5 Å². The first kappa shape index (κ1) is 15.0. The van der Waals surface area contributed by atoms with Crippen LogP contribution in [0, 0.1) is 5.92 Å². The van der Waals surface area contributed by atoms with Gasteiger partial charge in [0.25, 0.3) is 0 Å². The Bertz CT molecular complexity index is 810. The Morgan fingerprint density at radius 1 is 1.08 bits per heavy atom. The molecule has 1 fully saturated rings. The molecule has 0 unspecified atom stereocenters. The molecule has 1 saturated carbocycles. The third-order valence-corrected chi connectivity index (χ3v) is 4.62. The smallest absolute Gasteiger partial charge is 0.227 e. The van der Waals surface area contributed by atoms with Crippen LogP contribution in [0.2, 0.25) is 0 Å². The number of pyridine rings is 1. The molecule has 0 bridgehead atoms. The van der Waals surface area contributed by atoms with Crippen molar-refractivity contribution in [2.24, 2.45) is 5.92 Å². The second-order valence-corrected chi connectivity index (χ2v) is 6.19. The fourth-order valence-electron chi connectivity index (χ4n) is 3.19. The Labute approximate surface area is 140 Å². The highest BCUT2D eigenvalue weighted by molar-refractivity contribution is 5.80. The molecule has 0 saturated heterocycles. The predicted octanol–water partition coefficient (Wildman–Crippen LogP) is 3.77. The maximum atomic E-state index is 5.47. The molecule has 5 nitrogen and oxygen atoms in total. The minimum atomic E-state index is 0.393. The molecule has 0 radical (unpaired) electrons. The van der Waals surface area contributed by atoms with Gasteiger partial charge in [0.05, 0.1) is 6.10 Å². The van der Waals surface area contributed by atoms with Crippen molar-refractivity contribution in [2.45, 2.75) is 25.4 Å². The zero-order valence-corrected chi connectivity index (χ0v) is 13.6. The molecule has 0 N–H and O–H groups in total. The SMILES string of the molecule is COC1CC(Cc2nc(-c3ccccc3-c3ccncc3)no2)C1. The standard InChI is InChI=1S/C19H19N3O2/c1-23-15-10-13(11-15)12-18-21-19(22-24-18)17-5-3-2-4-16(17)14-6-8-20-9-7-14/h2-9,13,15H,10-12H2,1H3. The lowest BCUT2D eigenvalue weighted by atomic mass is 9.80. The van der Waals surface area contributed by atoms with Crippen LogP contribution in [-0.2, 0) is 11.2 Å². The van der Waals surface area contributed by atoms with Crippen LogP contribution in [-0.4, -0.2) is 28.3 Å². The molecular weight excluding hydrogens is 302 g/mol. The summed E-state index contributed by atoms with van der Waals surface area (Å²) in [5.41, 5.74) is 3.14. The molecule has 0 spiro atoms. The highest BCUT2D eigenvalue weighted by atomic mass is 16.5. The third-order valence-electron chi connectivity index (χ3n) is 4.62. The lowest BCUT2D eigenvalue weighted by Crippen LogP contribution is -2.31. The zero-order valence-electron chi connectivity index (χ0n) is 13.6. The van der Waals surface area contributed by atoms with Gasteiger partial charge in [-0.3, -0.25) is 4.98 Å². The number of hydrogen-bond donors (Lipinski definition) is 0. The summed E-state index contributed by atoms with van der Waals surface area (Å²) in [7, 11) is 1.77. The van der Waals surface area contributed by atoms with Crippen molar-refractivity contribution in [3.05, 3.63) is 54.7 Å². The molecule has 1 aliphatic rings. The van der Waals surface area contributed by atoms with Crippen molar-refractivity contribution in [1.82, 2.24) is 15.1 Å². The fraction of sp³-hybridized carbons (Fsp3) is 0.316. The van der Waals surface area contributed by atoms with Crippen LogP contribution in [0.1, 0.15) is 18.7 Å². The van der Waals surface area contributed by atoms with Gasteiger partial charge in [-0.05, 0) is 42.0 Å². The summed E-state index contributed by atoms with van der Waals surface area (Å²) in [6, 6.07) is 12.1. The molecule has 1 aliphatic carbocycles. The molecule has 2 heterocycles.